The van der Waals surface area contributed by atoms with Crippen molar-refractivity contribution in [3.8, 4) is 5.75 Å². The van der Waals surface area contributed by atoms with Crippen LogP contribution in [0, 0.1) is 5.92 Å². The van der Waals surface area contributed by atoms with Gasteiger partial charge in [-0.25, -0.2) is 0 Å². The lowest BCUT2D eigenvalue weighted by Crippen LogP contribution is -2.53. The van der Waals surface area contributed by atoms with Gasteiger partial charge in [0, 0.05) is 37.3 Å². The summed E-state index contributed by atoms with van der Waals surface area (Å²) in [6.07, 6.45) is 3.34. The SMILES string of the molecule is COc1ccc(N2CC(C(=O)N3CCCCC3C(C)N)CC2=O)cc1. The Balaban J connectivity index is 1.71. The van der Waals surface area contributed by atoms with E-state index in [2.05, 4.69) is 0 Å². The molecule has 6 nitrogen and oxygen atoms in total. The lowest BCUT2D eigenvalue weighted by Gasteiger charge is -2.39. The van der Waals surface area contributed by atoms with Crippen molar-refractivity contribution < 1.29 is 14.3 Å². The minimum Gasteiger partial charge on any atom is -0.497 e. The van der Waals surface area contributed by atoms with Gasteiger partial charge in [0.2, 0.25) is 11.8 Å². The molecule has 2 amide bonds. The molecule has 1 aromatic carbocycles. The number of carbonyl (C=O) groups excluding carboxylic acids is 2. The fourth-order valence-corrected chi connectivity index (χ4v) is 3.90. The average Bonchev–Trinajstić information content (AvgIpc) is 3.03. The van der Waals surface area contributed by atoms with Gasteiger partial charge in [0.25, 0.3) is 0 Å². The van der Waals surface area contributed by atoms with Crippen LogP contribution >= 0.6 is 0 Å². The molecule has 2 aliphatic heterocycles. The molecule has 0 aromatic heterocycles. The third kappa shape index (κ3) is 3.63. The van der Waals surface area contributed by atoms with Crippen molar-refractivity contribution in [2.45, 2.75) is 44.7 Å². The molecule has 3 rings (SSSR count). The first-order valence-electron chi connectivity index (χ1n) is 9.01. The molecule has 25 heavy (non-hydrogen) atoms. The molecule has 0 aliphatic carbocycles. The van der Waals surface area contributed by atoms with Crippen LogP contribution in [-0.2, 0) is 9.59 Å². The molecule has 0 radical (unpaired) electrons. The Hall–Kier alpha value is -2.08. The molecule has 2 N–H and O–H groups in total. The van der Waals surface area contributed by atoms with Crippen molar-refractivity contribution >= 4 is 17.5 Å². The van der Waals surface area contributed by atoms with E-state index in [-0.39, 0.29) is 36.2 Å². The van der Waals surface area contributed by atoms with E-state index >= 15 is 0 Å². The molecule has 3 unspecified atom stereocenters. The van der Waals surface area contributed by atoms with E-state index < -0.39 is 0 Å². The van der Waals surface area contributed by atoms with Gasteiger partial charge < -0.3 is 20.3 Å². The lowest BCUT2D eigenvalue weighted by atomic mass is 9.94. The summed E-state index contributed by atoms with van der Waals surface area (Å²) in [5.74, 6) is 0.536. The first-order chi connectivity index (χ1) is 12.0. The third-order valence-corrected chi connectivity index (χ3v) is 5.30. The number of carbonyl (C=O) groups is 2. The highest BCUT2D eigenvalue weighted by Crippen LogP contribution is 2.30. The zero-order valence-corrected chi connectivity index (χ0v) is 15.0. The van der Waals surface area contributed by atoms with Gasteiger partial charge in [-0.15, -0.1) is 0 Å². The van der Waals surface area contributed by atoms with Gasteiger partial charge in [-0.2, -0.15) is 0 Å². The number of rotatable bonds is 4. The standard InChI is InChI=1S/C19H27N3O3/c1-13(20)17-5-3-4-10-21(17)19(24)14-11-18(23)22(12-14)15-6-8-16(25-2)9-7-15/h6-9,13-14,17H,3-5,10-12,20H2,1-2H3. The van der Waals surface area contributed by atoms with Gasteiger partial charge in [-0.1, -0.05) is 0 Å². The minimum atomic E-state index is -0.283. The number of nitrogens with two attached hydrogens (primary N) is 1. The first kappa shape index (κ1) is 17.7. The summed E-state index contributed by atoms with van der Waals surface area (Å²) in [7, 11) is 1.61. The summed E-state index contributed by atoms with van der Waals surface area (Å²) in [5, 5.41) is 0. The van der Waals surface area contributed by atoms with E-state index in [1.54, 1.807) is 12.0 Å². The maximum absolute atomic E-state index is 13.0. The number of likely N-dealkylation sites (tertiary alicyclic amines) is 1. The van der Waals surface area contributed by atoms with Gasteiger partial charge in [-0.3, -0.25) is 9.59 Å². The normalized spacial score (nSPS) is 25.2. The van der Waals surface area contributed by atoms with Crippen LogP contribution in [0.1, 0.15) is 32.6 Å². The van der Waals surface area contributed by atoms with Crippen molar-refractivity contribution in [1.82, 2.24) is 4.90 Å². The highest BCUT2D eigenvalue weighted by Gasteiger charge is 2.40. The van der Waals surface area contributed by atoms with Crippen molar-refractivity contribution in [2.24, 2.45) is 11.7 Å². The maximum atomic E-state index is 13.0. The molecule has 2 aliphatic rings. The van der Waals surface area contributed by atoms with Crippen LogP contribution in [0.3, 0.4) is 0 Å². The van der Waals surface area contributed by atoms with E-state index in [1.165, 1.54) is 0 Å². The molecule has 3 atom stereocenters. The molecule has 1 aromatic rings. The van der Waals surface area contributed by atoms with Crippen molar-refractivity contribution in [1.29, 1.82) is 0 Å². The molecule has 0 spiro atoms. The average molecular weight is 345 g/mol. The van der Waals surface area contributed by atoms with Crippen LogP contribution in [-0.4, -0.2) is 49.0 Å². The number of hydrogen-bond acceptors (Lipinski definition) is 4. The summed E-state index contributed by atoms with van der Waals surface area (Å²) >= 11 is 0. The van der Waals surface area contributed by atoms with Crippen molar-refractivity contribution in [2.75, 3.05) is 25.1 Å². The van der Waals surface area contributed by atoms with Crippen LogP contribution in [0.5, 0.6) is 5.75 Å². The minimum absolute atomic E-state index is 0.00197. The molecule has 6 heteroatoms. The molecular weight excluding hydrogens is 318 g/mol. The zero-order valence-electron chi connectivity index (χ0n) is 15.0. The number of amides is 2. The number of methoxy groups -OCH3 is 1. The monoisotopic (exact) mass is 345 g/mol. The van der Waals surface area contributed by atoms with Crippen molar-refractivity contribution in [3.63, 3.8) is 0 Å². The van der Waals surface area contributed by atoms with E-state index in [9.17, 15) is 9.59 Å². The topological polar surface area (TPSA) is 75.9 Å². The third-order valence-electron chi connectivity index (χ3n) is 5.30. The number of anilines is 1. The highest BCUT2D eigenvalue weighted by atomic mass is 16.5. The summed E-state index contributed by atoms with van der Waals surface area (Å²) < 4.78 is 5.16. The quantitative estimate of drug-likeness (QED) is 0.902. The number of benzene rings is 1. The zero-order chi connectivity index (χ0) is 18.0. The van der Waals surface area contributed by atoms with Gasteiger partial charge in [0.1, 0.15) is 5.75 Å². The summed E-state index contributed by atoms with van der Waals surface area (Å²) in [6, 6.07) is 7.42. The van der Waals surface area contributed by atoms with E-state index in [0.717, 1.165) is 37.2 Å². The van der Waals surface area contributed by atoms with E-state index in [4.69, 9.17) is 10.5 Å². The Kier molecular flexibility index (Phi) is 5.27. The molecule has 2 heterocycles. The predicted octanol–water partition coefficient (Wildman–Crippen LogP) is 1.78. The molecular formula is C19H27N3O3. The molecule has 2 saturated heterocycles. The summed E-state index contributed by atoms with van der Waals surface area (Å²) in [6.45, 7) is 3.14. The first-order valence-corrected chi connectivity index (χ1v) is 9.01. The molecule has 136 valence electrons. The van der Waals surface area contributed by atoms with Gasteiger partial charge in [0.05, 0.1) is 13.0 Å². The second-order valence-corrected chi connectivity index (χ2v) is 7.06. The number of piperidine rings is 1. The summed E-state index contributed by atoms with van der Waals surface area (Å²) in [5.41, 5.74) is 6.89. The molecule has 0 saturated carbocycles. The van der Waals surface area contributed by atoms with Crippen LogP contribution in [0.4, 0.5) is 5.69 Å². The Labute approximate surface area is 148 Å². The largest absolute Gasteiger partial charge is 0.497 e. The second-order valence-electron chi connectivity index (χ2n) is 7.06. The van der Waals surface area contributed by atoms with Gasteiger partial charge in [0.15, 0.2) is 0 Å². The molecule has 2 fully saturated rings. The van der Waals surface area contributed by atoms with E-state index in [1.807, 2.05) is 36.1 Å². The Bertz CT molecular complexity index is 629. The maximum Gasteiger partial charge on any atom is 0.228 e. The van der Waals surface area contributed by atoms with Crippen LogP contribution in [0.2, 0.25) is 0 Å². The van der Waals surface area contributed by atoms with Crippen LogP contribution in [0.15, 0.2) is 24.3 Å². The van der Waals surface area contributed by atoms with Gasteiger partial charge >= 0.3 is 0 Å². The number of nitrogens with zero attached hydrogens (tertiary/aromatic N) is 2. The van der Waals surface area contributed by atoms with E-state index in [0.29, 0.717) is 6.54 Å². The lowest BCUT2D eigenvalue weighted by molar-refractivity contribution is -0.139. The fourth-order valence-electron chi connectivity index (χ4n) is 3.90. The van der Waals surface area contributed by atoms with Crippen LogP contribution in [0.25, 0.3) is 0 Å². The smallest absolute Gasteiger partial charge is 0.228 e. The second kappa shape index (κ2) is 7.44. The predicted molar refractivity (Wildman–Crippen MR) is 96.5 cm³/mol. The Morgan fingerprint density at radius 2 is 2.00 bits per heavy atom. The highest BCUT2D eigenvalue weighted by molar-refractivity contribution is 6.00. The Morgan fingerprint density at radius 1 is 1.28 bits per heavy atom. The number of hydrogen-bond donors (Lipinski definition) is 1. The molecule has 0 bridgehead atoms. The number of ether oxygens (including phenoxy) is 1. The fraction of sp³-hybridized carbons (Fsp3) is 0.579. The summed E-state index contributed by atoms with van der Waals surface area (Å²) in [4.78, 5) is 29.1. The van der Waals surface area contributed by atoms with Crippen LogP contribution < -0.4 is 15.4 Å². The van der Waals surface area contributed by atoms with Gasteiger partial charge in [-0.05, 0) is 50.5 Å². The Morgan fingerprint density at radius 3 is 2.64 bits per heavy atom. The van der Waals surface area contributed by atoms with Crippen molar-refractivity contribution in [3.05, 3.63) is 24.3 Å².